The highest BCUT2D eigenvalue weighted by Crippen LogP contribution is 2.26. The molecule has 0 N–H and O–H groups in total. The molecule has 0 saturated heterocycles. The normalized spacial score (nSPS) is 10.4. The van der Waals surface area contributed by atoms with Crippen molar-refractivity contribution in [3.05, 3.63) is 67.9 Å². The van der Waals surface area contributed by atoms with E-state index in [1.165, 1.54) is 11.0 Å². The van der Waals surface area contributed by atoms with Gasteiger partial charge in [0, 0.05) is 25.7 Å². The van der Waals surface area contributed by atoms with Gasteiger partial charge in [0.2, 0.25) is 5.82 Å². The van der Waals surface area contributed by atoms with E-state index < -0.39 is 16.4 Å². The minimum atomic E-state index is -1.03. The van der Waals surface area contributed by atoms with Crippen LogP contribution in [0.1, 0.15) is 5.56 Å². The molecule has 0 saturated carbocycles. The molecule has 0 aliphatic carbocycles. The number of carbonyl (C=O) groups excluding carboxylic acids is 1. The highest BCUT2D eigenvalue weighted by atomic mass is 35.5. The van der Waals surface area contributed by atoms with Gasteiger partial charge in [0.05, 0.1) is 15.0 Å². The fourth-order valence-electron chi connectivity index (χ4n) is 2.00. The minimum Gasteiger partial charge on any atom is -0.484 e. The van der Waals surface area contributed by atoms with Crippen molar-refractivity contribution >= 4 is 34.8 Å². The van der Waals surface area contributed by atoms with Crippen LogP contribution in [-0.2, 0) is 11.3 Å². The van der Waals surface area contributed by atoms with Gasteiger partial charge < -0.3 is 9.64 Å². The number of carbonyl (C=O) groups is 1. The zero-order chi connectivity index (χ0) is 18.6. The molecule has 0 heterocycles. The largest absolute Gasteiger partial charge is 0.484 e. The van der Waals surface area contributed by atoms with Gasteiger partial charge in [-0.1, -0.05) is 35.3 Å². The molecule has 0 spiro atoms. The molecule has 9 heteroatoms. The number of rotatable bonds is 6. The van der Waals surface area contributed by atoms with E-state index in [1.807, 2.05) is 0 Å². The third-order valence-electron chi connectivity index (χ3n) is 3.34. The van der Waals surface area contributed by atoms with E-state index >= 15 is 0 Å². The standard InChI is InChI=1S/C16H13Cl2FN2O4/c1-20(8-10-3-2-4-12(17)16(10)18)15(22)9-25-11-5-6-14(21(23)24)13(19)7-11/h2-7H,8-9H2,1H3. The summed E-state index contributed by atoms with van der Waals surface area (Å²) in [6.07, 6.45) is 0. The van der Waals surface area contributed by atoms with Crippen LogP contribution in [0.25, 0.3) is 0 Å². The van der Waals surface area contributed by atoms with Gasteiger partial charge in [-0.05, 0) is 17.7 Å². The second kappa shape index (κ2) is 8.13. The van der Waals surface area contributed by atoms with Crippen LogP contribution in [0.4, 0.5) is 10.1 Å². The lowest BCUT2D eigenvalue weighted by molar-refractivity contribution is -0.387. The number of hydrogen-bond donors (Lipinski definition) is 0. The third kappa shape index (κ3) is 4.80. The Morgan fingerprint density at radius 1 is 1.32 bits per heavy atom. The summed E-state index contributed by atoms with van der Waals surface area (Å²) in [5.74, 6) is -1.39. The van der Waals surface area contributed by atoms with E-state index in [0.29, 0.717) is 15.6 Å². The summed E-state index contributed by atoms with van der Waals surface area (Å²) in [4.78, 5) is 23.2. The van der Waals surface area contributed by atoms with Crippen LogP contribution in [-0.4, -0.2) is 29.4 Å². The first-order chi connectivity index (χ1) is 11.8. The second-order valence-electron chi connectivity index (χ2n) is 5.12. The lowest BCUT2D eigenvalue weighted by Crippen LogP contribution is -2.31. The molecular formula is C16H13Cl2FN2O4. The van der Waals surface area contributed by atoms with Crippen LogP contribution in [0.5, 0.6) is 5.75 Å². The van der Waals surface area contributed by atoms with E-state index in [2.05, 4.69) is 0 Å². The molecule has 0 aromatic heterocycles. The molecule has 2 aromatic carbocycles. The predicted octanol–water partition coefficient (Wildman–Crippen LogP) is 4.08. The van der Waals surface area contributed by atoms with Gasteiger partial charge in [0.15, 0.2) is 6.61 Å². The second-order valence-corrected chi connectivity index (χ2v) is 5.91. The molecule has 0 atom stereocenters. The van der Waals surface area contributed by atoms with E-state index in [0.717, 1.165) is 12.1 Å². The van der Waals surface area contributed by atoms with Crippen molar-refractivity contribution in [1.82, 2.24) is 4.90 Å². The summed E-state index contributed by atoms with van der Waals surface area (Å²) in [7, 11) is 1.55. The fourth-order valence-corrected chi connectivity index (χ4v) is 2.37. The molecule has 2 aromatic rings. The molecule has 25 heavy (non-hydrogen) atoms. The number of halogens is 3. The number of ether oxygens (including phenoxy) is 1. The van der Waals surface area contributed by atoms with E-state index in [9.17, 15) is 19.3 Å². The van der Waals surface area contributed by atoms with Crippen molar-refractivity contribution in [3.63, 3.8) is 0 Å². The van der Waals surface area contributed by atoms with Gasteiger partial charge in [0.1, 0.15) is 5.75 Å². The summed E-state index contributed by atoms with van der Waals surface area (Å²) in [6, 6.07) is 8.16. The highest BCUT2D eigenvalue weighted by molar-refractivity contribution is 6.42. The van der Waals surface area contributed by atoms with Crippen LogP contribution >= 0.6 is 23.2 Å². The number of nitro benzene ring substituents is 1. The maximum Gasteiger partial charge on any atom is 0.305 e. The van der Waals surface area contributed by atoms with Crippen LogP contribution in [0.2, 0.25) is 10.0 Å². The van der Waals surface area contributed by atoms with Crippen LogP contribution in [0.3, 0.4) is 0 Å². The molecule has 0 bridgehead atoms. The molecular weight excluding hydrogens is 374 g/mol. The highest BCUT2D eigenvalue weighted by Gasteiger charge is 2.16. The summed E-state index contributed by atoms with van der Waals surface area (Å²) < 4.78 is 18.7. The topological polar surface area (TPSA) is 72.7 Å². The van der Waals surface area contributed by atoms with Crippen molar-refractivity contribution < 1.29 is 18.8 Å². The fraction of sp³-hybridized carbons (Fsp3) is 0.188. The van der Waals surface area contributed by atoms with Gasteiger partial charge in [-0.15, -0.1) is 0 Å². The van der Waals surface area contributed by atoms with Crippen molar-refractivity contribution in [1.29, 1.82) is 0 Å². The third-order valence-corrected chi connectivity index (χ3v) is 4.20. The Kier molecular flexibility index (Phi) is 6.17. The minimum absolute atomic E-state index is 0.0191. The zero-order valence-electron chi connectivity index (χ0n) is 13.0. The van der Waals surface area contributed by atoms with Gasteiger partial charge >= 0.3 is 5.69 Å². The average Bonchev–Trinajstić information content (AvgIpc) is 2.56. The number of nitrogens with zero attached hydrogens (tertiary/aromatic N) is 2. The van der Waals surface area contributed by atoms with Crippen molar-refractivity contribution in [2.24, 2.45) is 0 Å². The Balaban J connectivity index is 1.96. The Hall–Kier alpha value is -2.38. The van der Waals surface area contributed by atoms with Crippen molar-refractivity contribution in [2.45, 2.75) is 6.54 Å². The van der Waals surface area contributed by atoms with E-state index in [-0.39, 0.29) is 24.8 Å². The molecule has 2 rings (SSSR count). The van der Waals surface area contributed by atoms with E-state index in [1.54, 1.807) is 25.2 Å². The van der Waals surface area contributed by atoms with Crippen LogP contribution in [0, 0.1) is 15.9 Å². The lowest BCUT2D eigenvalue weighted by atomic mass is 10.2. The summed E-state index contributed by atoms with van der Waals surface area (Å²) in [5, 5.41) is 11.3. The number of likely N-dealkylation sites (N-methyl/N-ethyl adjacent to an activating group) is 1. The lowest BCUT2D eigenvalue weighted by Gasteiger charge is -2.18. The average molecular weight is 387 g/mol. The number of hydrogen-bond acceptors (Lipinski definition) is 4. The summed E-state index contributed by atoms with van der Waals surface area (Å²) >= 11 is 12.0. The number of amides is 1. The maximum absolute atomic E-state index is 13.5. The molecule has 0 aliphatic heterocycles. The van der Waals surface area contributed by atoms with Crippen LogP contribution < -0.4 is 4.74 Å². The molecule has 0 aliphatic rings. The summed E-state index contributed by atoms with van der Waals surface area (Å²) in [6.45, 7) is -0.137. The molecule has 0 radical (unpaired) electrons. The predicted molar refractivity (Wildman–Crippen MR) is 91.5 cm³/mol. The molecule has 132 valence electrons. The van der Waals surface area contributed by atoms with Gasteiger partial charge in [-0.2, -0.15) is 4.39 Å². The zero-order valence-corrected chi connectivity index (χ0v) is 14.6. The first-order valence-corrected chi connectivity index (χ1v) is 7.78. The molecule has 1 amide bonds. The Bertz CT molecular complexity index is 817. The van der Waals surface area contributed by atoms with Gasteiger partial charge in [-0.3, -0.25) is 14.9 Å². The van der Waals surface area contributed by atoms with E-state index in [4.69, 9.17) is 27.9 Å². The Labute approximate surface area is 152 Å². The quantitative estimate of drug-likeness (QED) is 0.553. The molecule has 0 fully saturated rings. The molecule has 6 nitrogen and oxygen atoms in total. The van der Waals surface area contributed by atoms with Gasteiger partial charge in [-0.25, -0.2) is 0 Å². The first-order valence-electron chi connectivity index (χ1n) is 7.03. The van der Waals surface area contributed by atoms with Crippen LogP contribution in [0.15, 0.2) is 36.4 Å². The first kappa shape index (κ1) is 19.0. The van der Waals surface area contributed by atoms with Gasteiger partial charge in [0.25, 0.3) is 5.91 Å². The molecule has 0 unspecified atom stereocenters. The maximum atomic E-state index is 13.5. The van der Waals surface area contributed by atoms with Crippen molar-refractivity contribution in [3.8, 4) is 5.75 Å². The number of benzene rings is 2. The summed E-state index contributed by atoms with van der Waals surface area (Å²) in [5.41, 5.74) is 0.0118. The van der Waals surface area contributed by atoms with Crippen molar-refractivity contribution in [2.75, 3.05) is 13.7 Å². The number of nitro groups is 1. The smallest absolute Gasteiger partial charge is 0.305 e. The monoisotopic (exact) mass is 386 g/mol. The Morgan fingerprint density at radius 3 is 2.68 bits per heavy atom. The Morgan fingerprint density at radius 2 is 2.04 bits per heavy atom. The SMILES string of the molecule is CN(Cc1cccc(Cl)c1Cl)C(=O)COc1ccc([N+](=O)[O-])c(F)c1.